The Labute approximate surface area is 120 Å². The molecule has 1 aromatic carbocycles. The molecular weight excluding hydrogens is 256 g/mol. The molecule has 3 N–H and O–H groups in total. The molecule has 0 aromatic heterocycles. The molecule has 112 valence electrons. The second-order valence-electron chi connectivity index (χ2n) is 5.18. The van der Waals surface area contributed by atoms with Crippen molar-refractivity contribution in [3.8, 4) is 0 Å². The van der Waals surface area contributed by atoms with Crippen molar-refractivity contribution in [2.75, 3.05) is 39.4 Å². The lowest BCUT2D eigenvalue weighted by Crippen LogP contribution is -2.43. The van der Waals surface area contributed by atoms with Crippen LogP contribution in [0.3, 0.4) is 0 Å². The topological polar surface area (TPSA) is 65.0 Å². The fourth-order valence-electron chi connectivity index (χ4n) is 2.37. The maximum absolute atomic E-state index is 10.00. The van der Waals surface area contributed by atoms with Crippen molar-refractivity contribution in [2.45, 2.75) is 19.3 Å². The summed E-state index contributed by atoms with van der Waals surface area (Å²) in [5.74, 6) is 0. The van der Waals surface area contributed by atoms with Crippen molar-refractivity contribution in [3.05, 3.63) is 35.4 Å². The molecule has 1 atom stereocenters. The Balaban J connectivity index is 1.66. The summed E-state index contributed by atoms with van der Waals surface area (Å²) in [6.45, 7) is 5.34. The number of hydrogen-bond acceptors (Lipinski definition) is 5. The van der Waals surface area contributed by atoms with E-state index in [9.17, 15) is 5.11 Å². The minimum absolute atomic E-state index is 0.0630. The van der Waals surface area contributed by atoms with Gasteiger partial charge < -0.3 is 20.3 Å². The largest absolute Gasteiger partial charge is 0.392 e. The summed E-state index contributed by atoms with van der Waals surface area (Å²) in [6.07, 6.45) is -0.367. The SMILES string of the molecule is OCc1cccc(CNCC(O)CN2CCOCC2)c1. The zero-order valence-electron chi connectivity index (χ0n) is 11.8. The van der Waals surface area contributed by atoms with Gasteiger partial charge in [-0.3, -0.25) is 4.90 Å². The maximum Gasteiger partial charge on any atom is 0.0791 e. The van der Waals surface area contributed by atoms with Gasteiger partial charge in [0.25, 0.3) is 0 Å². The third kappa shape index (κ3) is 5.19. The number of ether oxygens (including phenoxy) is 1. The summed E-state index contributed by atoms with van der Waals surface area (Å²) in [4.78, 5) is 2.22. The lowest BCUT2D eigenvalue weighted by atomic mass is 10.1. The molecule has 2 rings (SSSR count). The van der Waals surface area contributed by atoms with Crippen LogP contribution in [0, 0.1) is 0 Å². The van der Waals surface area contributed by atoms with Gasteiger partial charge in [-0.15, -0.1) is 0 Å². The van der Waals surface area contributed by atoms with E-state index in [1.54, 1.807) is 0 Å². The zero-order valence-corrected chi connectivity index (χ0v) is 11.8. The maximum atomic E-state index is 10.00. The predicted octanol–water partition coefficient (Wildman–Crippen LogP) is -0.0384. The van der Waals surface area contributed by atoms with Crippen LogP contribution in [0.25, 0.3) is 0 Å². The molecule has 0 saturated carbocycles. The van der Waals surface area contributed by atoms with Crippen LogP contribution in [0.4, 0.5) is 0 Å². The van der Waals surface area contributed by atoms with Gasteiger partial charge in [0, 0.05) is 32.7 Å². The van der Waals surface area contributed by atoms with Crippen LogP contribution in [-0.4, -0.2) is 60.6 Å². The minimum atomic E-state index is -0.367. The summed E-state index contributed by atoms with van der Waals surface area (Å²) in [7, 11) is 0. The van der Waals surface area contributed by atoms with Crippen LogP contribution in [0.1, 0.15) is 11.1 Å². The molecule has 1 fully saturated rings. The van der Waals surface area contributed by atoms with Crippen LogP contribution in [-0.2, 0) is 17.9 Å². The van der Waals surface area contributed by atoms with Gasteiger partial charge in [-0.05, 0) is 11.1 Å². The van der Waals surface area contributed by atoms with E-state index in [1.165, 1.54) is 0 Å². The van der Waals surface area contributed by atoms with Crippen molar-refractivity contribution in [3.63, 3.8) is 0 Å². The molecule has 1 unspecified atom stereocenters. The van der Waals surface area contributed by atoms with Gasteiger partial charge in [0.2, 0.25) is 0 Å². The van der Waals surface area contributed by atoms with E-state index in [0.717, 1.165) is 37.4 Å². The first kappa shape index (κ1) is 15.4. The third-order valence-electron chi connectivity index (χ3n) is 3.46. The van der Waals surface area contributed by atoms with Crippen molar-refractivity contribution in [1.82, 2.24) is 10.2 Å². The number of rotatable bonds is 7. The van der Waals surface area contributed by atoms with Gasteiger partial charge >= 0.3 is 0 Å². The van der Waals surface area contributed by atoms with Gasteiger partial charge in [-0.2, -0.15) is 0 Å². The van der Waals surface area contributed by atoms with Crippen LogP contribution in [0.2, 0.25) is 0 Å². The van der Waals surface area contributed by atoms with E-state index in [0.29, 0.717) is 19.6 Å². The Morgan fingerprint density at radius 1 is 1.25 bits per heavy atom. The summed E-state index contributed by atoms with van der Waals surface area (Å²) >= 11 is 0. The fourth-order valence-corrected chi connectivity index (χ4v) is 2.37. The lowest BCUT2D eigenvalue weighted by molar-refractivity contribution is 0.0149. The normalized spacial score (nSPS) is 18.1. The monoisotopic (exact) mass is 280 g/mol. The number of nitrogens with one attached hydrogen (secondary N) is 1. The lowest BCUT2D eigenvalue weighted by Gasteiger charge is -2.28. The van der Waals surface area contributed by atoms with Crippen molar-refractivity contribution < 1.29 is 14.9 Å². The fraction of sp³-hybridized carbons (Fsp3) is 0.600. The highest BCUT2D eigenvalue weighted by molar-refractivity contribution is 5.22. The number of nitrogens with zero attached hydrogens (tertiary/aromatic N) is 1. The van der Waals surface area contributed by atoms with Crippen LogP contribution in [0.15, 0.2) is 24.3 Å². The molecule has 20 heavy (non-hydrogen) atoms. The van der Waals surface area contributed by atoms with E-state index < -0.39 is 0 Å². The summed E-state index contributed by atoms with van der Waals surface area (Å²) in [6, 6.07) is 7.82. The number of benzene rings is 1. The Kier molecular flexibility index (Phi) is 6.42. The van der Waals surface area contributed by atoms with Crippen LogP contribution < -0.4 is 5.32 Å². The minimum Gasteiger partial charge on any atom is -0.392 e. The molecule has 0 amide bonds. The Morgan fingerprint density at radius 2 is 2.00 bits per heavy atom. The first-order valence-corrected chi connectivity index (χ1v) is 7.15. The van der Waals surface area contributed by atoms with Crippen LogP contribution >= 0.6 is 0 Å². The van der Waals surface area contributed by atoms with E-state index >= 15 is 0 Å². The molecule has 0 radical (unpaired) electrons. The van der Waals surface area contributed by atoms with E-state index in [-0.39, 0.29) is 12.7 Å². The second-order valence-corrected chi connectivity index (χ2v) is 5.18. The number of β-amino-alcohol motifs (C(OH)–C–C–N with tert-alkyl or cyclic N) is 1. The standard InChI is InChI=1S/C15H24N2O3/c18-12-14-3-1-2-13(8-14)9-16-10-15(19)11-17-4-6-20-7-5-17/h1-3,8,15-16,18-19H,4-7,9-12H2. The molecule has 0 spiro atoms. The molecule has 0 bridgehead atoms. The molecule has 1 heterocycles. The van der Waals surface area contributed by atoms with Gasteiger partial charge in [-0.25, -0.2) is 0 Å². The molecule has 1 saturated heterocycles. The summed E-state index contributed by atoms with van der Waals surface area (Å²) < 4.78 is 5.28. The highest BCUT2D eigenvalue weighted by Crippen LogP contribution is 2.05. The molecule has 1 aliphatic heterocycles. The number of hydrogen-bond donors (Lipinski definition) is 3. The predicted molar refractivity (Wildman–Crippen MR) is 77.3 cm³/mol. The second kappa shape index (κ2) is 8.34. The third-order valence-corrected chi connectivity index (χ3v) is 3.46. The Hall–Kier alpha value is -0.980. The average molecular weight is 280 g/mol. The number of aliphatic hydroxyl groups is 2. The van der Waals surface area contributed by atoms with Gasteiger partial charge in [0.1, 0.15) is 0 Å². The van der Waals surface area contributed by atoms with E-state index in [2.05, 4.69) is 10.2 Å². The number of morpholine rings is 1. The molecule has 1 aliphatic rings. The van der Waals surface area contributed by atoms with Gasteiger partial charge in [0.05, 0.1) is 25.9 Å². The molecular formula is C15H24N2O3. The first-order valence-electron chi connectivity index (χ1n) is 7.15. The van der Waals surface area contributed by atoms with Gasteiger partial charge in [0.15, 0.2) is 0 Å². The Bertz CT molecular complexity index is 394. The first-order chi connectivity index (χ1) is 9.78. The molecule has 5 heteroatoms. The highest BCUT2D eigenvalue weighted by atomic mass is 16.5. The molecule has 5 nitrogen and oxygen atoms in total. The Morgan fingerprint density at radius 3 is 2.75 bits per heavy atom. The van der Waals surface area contributed by atoms with E-state index in [4.69, 9.17) is 9.84 Å². The van der Waals surface area contributed by atoms with Crippen molar-refractivity contribution in [1.29, 1.82) is 0 Å². The molecule has 1 aromatic rings. The quantitative estimate of drug-likeness (QED) is 0.654. The summed E-state index contributed by atoms with van der Waals surface area (Å²) in [5.41, 5.74) is 2.04. The number of aliphatic hydroxyl groups excluding tert-OH is 2. The van der Waals surface area contributed by atoms with Crippen molar-refractivity contribution >= 4 is 0 Å². The smallest absolute Gasteiger partial charge is 0.0791 e. The average Bonchev–Trinajstić information content (AvgIpc) is 2.48. The summed E-state index contributed by atoms with van der Waals surface area (Å²) in [5, 5.41) is 22.3. The van der Waals surface area contributed by atoms with Gasteiger partial charge in [-0.1, -0.05) is 24.3 Å². The molecule has 0 aliphatic carbocycles. The van der Waals surface area contributed by atoms with Crippen LogP contribution in [0.5, 0.6) is 0 Å². The zero-order chi connectivity index (χ0) is 14.2. The van der Waals surface area contributed by atoms with Crippen molar-refractivity contribution in [2.24, 2.45) is 0 Å². The highest BCUT2D eigenvalue weighted by Gasteiger charge is 2.14. The van der Waals surface area contributed by atoms with E-state index in [1.807, 2.05) is 24.3 Å².